The number of aryl methyl sites for hydroxylation is 1. The van der Waals surface area contributed by atoms with Crippen LogP contribution in [0.25, 0.3) is 10.2 Å². The minimum Gasteiger partial charge on any atom is -0.325 e. The number of carbonyl (C=O) groups is 1. The molecule has 1 N–H and O–H groups in total. The lowest BCUT2D eigenvalue weighted by molar-refractivity contribution is -0.113. The van der Waals surface area contributed by atoms with E-state index >= 15 is 0 Å². The number of carbonyl (C=O) groups excluding carboxylic acids is 1. The number of anilines is 1. The average Bonchev–Trinajstić information content (AvgIpc) is 3.08. The molecule has 0 saturated heterocycles. The topological polar surface area (TPSA) is 64.0 Å². The predicted octanol–water partition coefficient (Wildman–Crippen LogP) is 5.15. The minimum atomic E-state index is -0.166. The van der Waals surface area contributed by atoms with Gasteiger partial charge in [-0.05, 0) is 55.0 Å². The minimum absolute atomic E-state index is 0.0347. The molecule has 3 aromatic rings. The normalized spacial score (nSPS) is 15.7. The Morgan fingerprint density at radius 3 is 2.93 bits per heavy atom. The van der Waals surface area contributed by atoms with Crippen molar-refractivity contribution in [3.8, 4) is 0 Å². The number of benzene rings is 1. The van der Waals surface area contributed by atoms with Crippen LogP contribution in [0.3, 0.4) is 0 Å². The number of rotatable bonds is 6. The first kappa shape index (κ1) is 21.2. The molecule has 0 saturated carbocycles. The molecular formula is C22H22ClN3O2S2. The summed E-state index contributed by atoms with van der Waals surface area (Å²) < 4.78 is 1.63. The fourth-order valence-corrected chi connectivity index (χ4v) is 6.02. The first-order valence-electron chi connectivity index (χ1n) is 9.80. The quantitative estimate of drug-likeness (QED) is 0.314. The molecule has 1 aromatic carbocycles. The van der Waals surface area contributed by atoms with E-state index in [4.69, 9.17) is 16.6 Å². The van der Waals surface area contributed by atoms with Gasteiger partial charge in [-0.1, -0.05) is 36.4 Å². The highest BCUT2D eigenvalue weighted by molar-refractivity contribution is 7.99. The van der Waals surface area contributed by atoms with Gasteiger partial charge in [0.2, 0.25) is 5.91 Å². The molecule has 8 heteroatoms. The second-order valence-corrected chi connectivity index (χ2v) is 9.94. The number of aromatic nitrogens is 2. The summed E-state index contributed by atoms with van der Waals surface area (Å²) in [6.07, 6.45) is 4.72. The van der Waals surface area contributed by atoms with Crippen molar-refractivity contribution in [2.75, 3.05) is 11.1 Å². The van der Waals surface area contributed by atoms with Crippen molar-refractivity contribution in [1.29, 1.82) is 0 Å². The van der Waals surface area contributed by atoms with Crippen LogP contribution in [0, 0.1) is 5.92 Å². The van der Waals surface area contributed by atoms with Gasteiger partial charge in [-0.3, -0.25) is 14.2 Å². The van der Waals surface area contributed by atoms with E-state index in [9.17, 15) is 9.59 Å². The van der Waals surface area contributed by atoms with E-state index in [0.29, 0.717) is 28.3 Å². The van der Waals surface area contributed by atoms with Gasteiger partial charge in [0.25, 0.3) is 5.56 Å². The van der Waals surface area contributed by atoms with Crippen LogP contribution < -0.4 is 10.9 Å². The van der Waals surface area contributed by atoms with Gasteiger partial charge in [0.05, 0.1) is 11.1 Å². The molecule has 0 fully saturated rings. The maximum Gasteiger partial charge on any atom is 0.263 e. The summed E-state index contributed by atoms with van der Waals surface area (Å²) in [5.41, 5.74) is 1.81. The molecule has 2 heterocycles. The summed E-state index contributed by atoms with van der Waals surface area (Å²) in [6, 6.07) is 6.95. The Labute approximate surface area is 188 Å². The third kappa shape index (κ3) is 4.33. The highest BCUT2D eigenvalue weighted by Crippen LogP contribution is 2.36. The van der Waals surface area contributed by atoms with Crippen LogP contribution in [-0.4, -0.2) is 21.2 Å². The first-order chi connectivity index (χ1) is 14.5. The number of halogens is 1. The molecule has 2 aromatic heterocycles. The van der Waals surface area contributed by atoms with Crippen LogP contribution in [0.2, 0.25) is 5.02 Å². The zero-order valence-corrected chi connectivity index (χ0v) is 19.0. The monoisotopic (exact) mass is 459 g/mol. The van der Waals surface area contributed by atoms with Crippen molar-refractivity contribution >= 4 is 56.5 Å². The standard InChI is InChI=1S/C22H22ClN3O2S2/c1-3-10-26-21(28)19-16-9-4-13(2)11-17(16)30-20(19)25-22(26)29-12-18(27)24-15-7-5-14(23)6-8-15/h3,5-8,13H,1,4,9-12H2,2H3,(H,24,27). The molecule has 1 unspecified atom stereocenters. The largest absolute Gasteiger partial charge is 0.325 e. The first-order valence-corrected chi connectivity index (χ1v) is 12.0. The number of fused-ring (bicyclic) bond motifs is 3. The Bertz CT molecular complexity index is 1170. The van der Waals surface area contributed by atoms with Crippen LogP contribution in [0.5, 0.6) is 0 Å². The maximum atomic E-state index is 13.3. The zero-order chi connectivity index (χ0) is 21.3. The SMILES string of the molecule is C=CCn1c(SCC(=O)Nc2ccc(Cl)cc2)nc2sc3c(c2c1=O)CCC(C)C3. The van der Waals surface area contributed by atoms with Crippen molar-refractivity contribution in [3.05, 3.63) is 62.7 Å². The van der Waals surface area contributed by atoms with Crippen molar-refractivity contribution in [2.45, 2.75) is 37.9 Å². The number of nitrogens with one attached hydrogen (secondary N) is 1. The summed E-state index contributed by atoms with van der Waals surface area (Å²) in [7, 11) is 0. The summed E-state index contributed by atoms with van der Waals surface area (Å²) >= 11 is 8.77. The van der Waals surface area contributed by atoms with Crippen LogP contribution in [0.15, 0.2) is 46.9 Å². The van der Waals surface area contributed by atoms with Crippen LogP contribution in [-0.2, 0) is 24.2 Å². The number of amides is 1. The zero-order valence-electron chi connectivity index (χ0n) is 16.6. The highest BCUT2D eigenvalue weighted by atomic mass is 35.5. The molecule has 1 atom stereocenters. The van der Waals surface area contributed by atoms with Gasteiger partial charge < -0.3 is 5.32 Å². The lowest BCUT2D eigenvalue weighted by Gasteiger charge is -2.17. The molecule has 156 valence electrons. The number of nitrogens with zero attached hydrogens (tertiary/aromatic N) is 2. The van der Waals surface area contributed by atoms with Gasteiger partial charge in [-0.25, -0.2) is 4.98 Å². The third-order valence-corrected chi connectivity index (χ3v) is 7.53. The van der Waals surface area contributed by atoms with Gasteiger partial charge in [0, 0.05) is 22.1 Å². The average molecular weight is 460 g/mol. The summed E-state index contributed by atoms with van der Waals surface area (Å²) in [5.74, 6) is 0.618. The maximum absolute atomic E-state index is 13.3. The molecule has 4 rings (SSSR count). The Kier molecular flexibility index (Phi) is 6.32. The lowest BCUT2D eigenvalue weighted by atomic mass is 9.89. The van der Waals surface area contributed by atoms with Crippen molar-refractivity contribution < 1.29 is 4.79 Å². The lowest BCUT2D eigenvalue weighted by Crippen LogP contribution is -2.24. The number of allylic oxidation sites excluding steroid dienone is 1. The van der Waals surface area contributed by atoms with Gasteiger partial charge in [0.1, 0.15) is 4.83 Å². The molecule has 5 nitrogen and oxygen atoms in total. The molecular weight excluding hydrogens is 438 g/mol. The van der Waals surface area contributed by atoms with E-state index in [-0.39, 0.29) is 17.2 Å². The van der Waals surface area contributed by atoms with Gasteiger partial charge >= 0.3 is 0 Å². The fraction of sp³-hybridized carbons (Fsp3) is 0.318. The second-order valence-electron chi connectivity index (χ2n) is 7.47. The third-order valence-electron chi connectivity index (χ3n) is 5.15. The summed E-state index contributed by atoms with van der Waals surface area (Å²) in [6.45, 7) is 6.39. The Morgan fingerprint density at radius 2 is 2.20 bits per heavy atom. The van der Waals surface area contributed by atoms with Crippen molar-refractivity contribution in [1.82, 2.24) is 9.55 Å². The summed E-state index contributed by atoms with van der Waals surface area (Å²) in [5, 5.41) is 4.74. The van der Waals surface area contributed by atoms with E-state index < -0.39 is 0 Å². The second kappa shape index (κ2) is 8.96. The molecule has 1 aliphatic carbocycles. The Balaban J connectivity index is 1.60. The highest BCUT2D eigenvalue weighted by Gasteiger charge is 2.24. The van der Waals surface area contributed by atoms with Crippen LogP contribution in [0.4, 0.5) is 5.69 Å². The number of thiophene rings is 1. The van der Waals surface area contributed by atoms with E-state index in [1.54, 1.807) is 46.2 Å². The summed E-state index contributed by atoms with van der Waals surface area (Å²) in [4.78, 5) is 32.5. The smallest absolute Gasteiger partial charge is 0.263 e. The predicted molar refractivity (Wildman–Crippen MR) is 126 cm³/mol. The Hall–Kier alpha value is -2.09. The number of hydrogen-bond acceptors (Lipinski definition) is 5. The van der Waals surface area contributed by atoms with Gasteiger partial charge in [-0.15, -0.1) is 17.9 Å². The van der Waals surface area contributed by atoms with Gasteiger partial charge in [0.15, 0.2) is 5.16 Å². The van der Waals surface area contributed by atoms with Crippen LogP contribution in [0.1, 0.15) is 23.8 Å². The fourth-order valence-electron chi connectivity index (χ4n) is 3.67. The molecule has 0 spiro atoms. The molecule has 30 heavy (non-hydrogen) atoms. The molecule has 0 aliphatic heterocycles. The van der Waals surface area contributed by atoms with E-state index in [2.05, 4.69) is 18.8 Å². The molecule has 1 aliphatic rings. The number of hydrogen-bond donors (Lipinski definition) is 1. The molecule has 0 bridgehead atoms. The van der Waals surface area contributed by atoms with Crippen molar-refractivity contribution in [2.24, 2.45) is 5.92 Å². The van der Waals surface area contributed by atoms with E-state index in [0.717, 1.165) is 29.5 Å². The van der Waals surface area contributed by atoms with Crippen molar-refractivity contribution in [3.63, 3.8) is 0 Å². The van der Waals surface area contributed by atoms with Crippen LogP contribution >= 0.6 is 34.7 Å². The molecule has 1 amide bonds. The number of thioether (sulfide) groups is 1. The Morgan fingerprint density at radius 1 is 1.43 bits per heavy atom. The van der Waals surface area contributed by atoms with E-state index in [1.165, 1.54) is 22.2 Å². The van der Waals surface area contributed by atoms with Gasteiger partial charge in [-0.2, -0.15) is 0 Å². The molecule has 0 radical (unpaired) electrons. The van der Waals surface area contributed by atoms with E-state index in [1.807, 2.05) is 0 Å².